The van der Waals surface area contributed by atoms with Crippen LogP contribution in [0.4, 0.5) is 0 Å². The number of nitrogens with zero attached hydrogens (tertiary/aromatic N) is 5. The third kappa shape index (κ3) is 48.5. The topological polar surface area (TPSA) is 200 Å². The summed E-state index contributed by atoms with van der Waals surface area (Å²) >= 11 is 0. The quantitative estimate of drug-likeness (QED) is 0.0199. The number of hydrogen-bond donors (Lipinski definition) is 0. The Morgan fingerprint density at radius 2 is 0.341 bits per heavy atom. The monoisotopic (exact) mass is 1850 g/mol. The Morgan fingerprint density at radius 3 is 0.467 bits per heavy atom. The van der Waals surface area contributed by atoms with Crippen LogP contribution in [0.2, 0.25) is 0 Å². The molecule has 0 amide bonds. The Bertz CT molecular complexity index is 4390. The van der Waals surface area contributed by atoms with Gasteiger partial charge in [-0.3, -0.25) is 0 Å². The smallest absolute Gasteiger partial charge is 0.125 e. The first-order valence-corrected chi connectivity index (χ1v) is 46.4. The average Bonchev–Trinajstić information content (AvgIpc) is 0.853. The molecule has 0 unspecified atom stereocenters. The van der Waals surface area contributed by atoms with Gasteiger partial charge in [-0.1, -0.05) is 247 Å². The van der Waals surface area contributed by atoms with Gasteiger partial charge in [-0.15, -0.1) is 0 Å². The van der Waals surface area contributed by atoms with Crippen molar-refractivity contribution in [3.8, 4) is 57.5 Å². The molecule has 20 nitrogen and oxygen atoms in total. The van der Waals surface area contributed by atoms with Crippen molar-refractivity contribution < 1.29 is 71.6 Å². The van der Waals surface area contributed by atoms with E-state index in [2.05, 4.69) is 25.8 Å². The highest BCUT2D eigenvalue weighted by molar-refractivity contribution is 5.81. The van der Waals surface area contributed by atoms with Gasteiger partial charge in [-0.2, -0.15) is 0 Å². The maximum atomic E-state index is 6.05. The molecule has 0 fully saturated rings. The zero-order chi connectivity index (χ0) is 100. The summed E-state index contributed by atoms with van der Waals surface area (Å²) in [5.74, 6) is 8.79. The highest BCUT2D eigenvalue weighted by Gasteiger charge is 2.15. The summed E-state index contributed by atoms with van der Waals surface area (Å²) in [4.78, 5) is 23.6. The Morgan fingerprint density at radius 1 is 0.200 bits per heavy atom. The minimum atomic E-state index is 0.495. The van der Waals surface area contributed by atoms with Crippen molar-refractivity contribution in [2.24, 2.45) is 25.8 Å². The lowest BCUT2D eigenvalue weighted by Gasteiger charge is -2.14. The number of aryl methyl sites for hydroxylation is 10. The van der Waals surface area contributed by atoms with Gasteiger partial charge >= 0.3 is 0 Å². The molecule has 0 saturated heterocycles. The van der Waals surface area contributed by atoms with Crippen LogP contribution in [0, 0.1) is 69.2 Å². The lowest BCUT2D eigenvalue weighted by molar-refractivity contribution is 0.215. The second kappa shape index (κ2) is 74.7. The van der Waals surface area contributed by atoms with E-state index in [1.54, 1.807) is 31.1 Å². The molecule has 0 aliphatic heterocycles. The Balaban J connectivity index is 0.000000823. The molecule has 0 N–H and O–H groups in total. The third-order valence-corrected chi connectivity index (χ3v) is 18.3. The van der Waals surface area contributed by atoms with Crippen molar-refractivity contribution in [2.45, 2.75) is 206 Å². The van der Waals surface area contributed by atoms with Gasteiger partial charge in [0.15, 0.2) is 0 Å². The Kier molecular flexibility index (Phi) is 66.0. The van der Waals surface area contributed by atoms with Gasteiger partial charge in [0.2, 0.25) is 0 Å². The maximum Gasteiger partial charge on any atom is 0.125 e. The molecule has 10 rings (SSSR count). The molecule has 0 spiro atoms. The third-order valence-electron chi connectivity index (χ3n) is 18.3. The van der Waals surface area contributed by atoms with E-state index >= 15 is 0 Å². The normalized spacial score (nSPS) is 10.6. The van der Waals surface area contributed by atoms with Gasteiger partial charge in [0, 0.05) is 0 Å². The minimum Gasteiger partial charge on any atom is -0.490 e. The molecule has 0 radical (unpaired) electrons. The van der Waals surface area contributed by atoms with E-state index in [-0.39, 0.29) is 0 Å². The first-order chi connectivity index (χ1) is 65.7. The van der Waals surface area contributed by atoms with E-state index in [1.165, 1.54) is 35.5 Å². The zero-order valence-corrected chi connectivity index (χ0v) is 86.4. The SMILES string of the molecule is C/C=C/COc1cc(C)c(OCc2cccc(C=NOC)c2)c(C)c1.C/C=C/COc1cc(C)c(OCc2cccc(C=NOC)c2)c(C)c1.C/C=C/COc1cc(C)c(OCc2cccc(C=NOC)c2)c(C)c1.C/C=C/COc1cc(C)c(OCc2cccc(C=NOC)c2)c(C)c1.C/C=C/COc1cc(C)c(OCc2cccc(C=NOC)c2)c(C)c1.CC.CC.CC.CC.CC. The van der Waals surface area contributed by atoms with Crippen LogP contribution in [-0.2, 0) is 57.2 Å². The van der Waals surface area contributed by atoms with E-state index < -0.39 is 0 Å². The molecule has 730 valence electrons. The highest BCUT2D eigenvalue weighted by atomic mass is 16.6. The van der Waals surface area contributed by atoms with Crippen LogP contribution in [0.1, 0.15) is 215 Å². The largest absolute Gasteiger partial charge is 0.490 e. The van der Waals surface area contributed by atoms with Crippen LogP contribution < -0.4 is 47.4 Å². The predicted molar refractivity (Wildman–Crippen MR) is 565 cm³/mol. The molecular formula is C115H155N5O15. The standard InChI is InChI=1S/5C21H25NO3.5C2H6/c5*1-5-6-10-24-20-11-16(2)21(17(3)12-20)25-15-19-9-7-8-18(13-19)14-22-23-4;5*1-2/h5*5-9,11-14H,10,15H2,1-4H3;5*1-2H3/b5*6-5+,22-14?;;;;;. The second-order valence-corrected chi connectivity index (χ2v) is 28.6. The van der Waals surface area contributed by atoms with Crippen LogP contribution in [0.3, 0.4) is 0 Å². The van der Waals surface area contributed by atoms with Crippen LogP contribution in [0.15, 0.2) is 269 Å². The number of allylic oxidation sites excluding steroid dienone is 5. The molecule has 135 heavy (non-hydrogen) atoms. The molecule has 0 bridgehead atoms. The number of ether oxygens (including phenoxy) is 10. The summed E-state index contributed by atoms with van der Waals surface area (Å²) in [6.07, 6.45) is 28.2. The van der Waals surface area contributed by atoms with Crippen molar-refractivity contribution in [1.82, 2.24) is 0 Å². The zero-order valence-electron chi connectivity index (χ0n) is 86.4. The summed E-state index contributed by atoms with van der Waals surface area (Å²) < 4.78 is 58.8. The molecule has 0 aliphatic carbocycles. The molecule has 0 aromatic heterocycles. The van der Waals surface area contributed by atoms with Crippen molar-refractivity contribution in [2.75, 3.05) is 68.6 Å². The van der Waals surface area contributed by atoms with E-state index in [0.717, 1.165) is 169 Å². The minimum absolute atomic E-state index is 0.495. The van der Waals surface area contributed by atoms with E-state index in [1.807, 2.05) is 416 Å². The summed E-state index contributed by atoms with van der Waals surface area (Å²) in [6, 6.07) is 60.1. The molecule has 10 aromatic carbocycles. The van der Waals surface area contributed by atoms with Crippen molar-refractivity contribution >= 4 is 31.1 Å². The van der Waals surface area contributed by atoms with Gasteiger partial charge in [-0.25, -0.2) is 0 Å². The van der Waals surface area contributed by atoms with Gasteiger partial charge in [0.25, 0.3) is 0 Å². The summed E-state index contributed by atoms with van der Waals surface area (Å²) in [7, 11) is 7.64. The number of oxime groups is 5. The van der Waals surface area contributed by atoms with Crippen LogP contribution >= 0.6 is 0 Å². The first kappa shape index (κ1) is 119. The van der Waals surface area contributed by atoms with Crippen molar-refractivity contribution in [1.29, 1.82) is 0 Å². The fourth-order valence-electron chi connectivity index (χ4n) is 12.5. The lowest BCUT2D eigenvalue weighted by atomic mass is 10.1. The van der Waals surface area contributed by atoms with Crippen molar-refractivity contribution in [3.05, 3.63) is 354 Å². The number of rotatable bonds is 40. The Hall–Kier alpha value is -13.8. The lowest BCUT2D eigenvalue weighted by Crippen LogP contribution is -2.01. The fourth-order valence-corrected chi connectivity index (χ4v) is 12.5. The molecule has 0 saturated carbocycles. The van der Waals surface area contributed by atoms with Gasteiger partial charge in [0.1, 0.15) is 159 Å². The maximum absolute atomic E-state index is 6.05. The van der Waals surface area contributed by atoms with Crippen LogP contribution in [-0.4, -0.2) is 99.7 Å². The Labute approximate surface area is 810 Å². The van der Waals surface area contributed by atoms with Crippen molar-refractivity contribution in [3.63, 3.8) is 0 Å². The molecule has 0 atom stereocenters. The second-order valence-electron chi connectivity index (χ2n) is 28.6. The van der Waals surface area contributed by atoms with Crippen LogP contribution in [0.25, 0.3) is 0 Å². The molecule has 20 heteroatoms. The summed E-state index contributed by atoms with van der Waals surface area (Å²) in [5.41, 5.74) is 20.9. The first-order valence-electron chi connectivity index (χ1n) is 46.4. The molecule has 0 heterocycles. The summed E-state index contributed by atoms with van der Waals surface area (Å²) in [6.45, 7) is 55.6. The van der Waals surface area contributed by atoms with Crippen LogP contribution in [0.5, 0.6) is 57.5 Å². The van der Waals surface area contributed by atoms with E-state index in [0.29, 0.717) is 66.1 Å². The van der Waals surface area contributed by atoms with Gasteiger partial charge in [0.05, 0.1) is 31.1 Å². The predicted octanol–water partition coefficient (Wildman–Crippen LogP) is 29.2. The molecule has 10 aromatic rings. The molecule has 0 aliphatic rings. The van der Waals surface area contributed by atoms with Gasteiger partial charge < -0.3 is 71.6 Å². The molecular weight excluding hydrogens is 1690 g/mol. The fraction of sp³-hybridized carbons (Fsp3) is 0.348. The van der Waals surface area contributed by atoms with E-state index in [4.69, 9.17) is 71.6 Å². The highest BCUT2D eigenvalue weighted by Crippen LogP contribution is 2.35. The number of benzene rings is 10. The number of hydrogen-bond acceptors (Lipinski definition) is 20. The average molecular weight is 1850 g/mol. The van der Waals surface area contributed by atoms with E-state index in [9.17, 15) is 0 Å². The summed E-state index contributed by atoms with van der Waals surface area (Å²) in [5, 5.41) is 18.9. The van der Waals surface area contributed by atoms with Gasteiger partial charge in [-0.05, 0) is 306 Å².